The van der Waals surface area contributed by atoms with E-state index in [1.54, 1.807) is 6.92 Å². The molecule has 0 saturated carbocycles. The summed E-state index contributed by atoms with van der Waals surface area (Å²) in [6, 6.07) is 9.70. The number of rotatable bonds is 3. The normalized spacial score (nSPS) is 17.6. The standard InChI is InChI=1S/C25H26N2O3S/c1-14-7-6-10-27(12-14)13-17-11-18-23(29)21(16(3)30-24(18)15(2)22(17)28)25-26-19-8-4-5-9-20(19)31-25/h4-5,8-9,11,14,28H,6-7,10,12-13H2,1-3H3. The highest BCUT2D eigenvalue weighted by molar-refractivity contribution is 7.21. The number of likely N-dealkylation sites (tertiary alicyclic amines) is 1. The summed E-state index contributed by atoms with van der Waals surface area (Å²) in [4.78, 5) is 20.6. The van der Waals surface area contributed by atoms with Crippen LogP contribution in [0.15, 0.2) is 39.5 Å². The third kappa shape index (κ3) is 3.54. The van der Waals surface area contributed by atoms with Gasteiger partial charge < -0.3 is 9.52 Å². The van der Waals surface area contributed by atoms with Gasteiger partial charge in [0.15, 0.2) is 0 Å². The van der Waals surface area contributed by atoms with Crippen molar-refractivity contribution in [1.82, 2.24) is 9.88 Å². The molecule has 160 valence electrons. The monoisotopic (exact) mass is 434 g/mol. The lowest BCUT2D eigenvalue weighted by molar-refractivity contribution is 0.175. The van der Waals surface area contributed by atoms with Gasteiger partial charge in [0.1, 0.15) is 22.1 Å². The molecule has 1 unspecified atom stereocenters. The lowest BCUT2D eigenvalue weighted by atomic mass is 9.98. The summed E-state index contributed by atoms with van der Waals surface area (Å²) < 4.78 is 7.13. The Morgan fingerprint density at radius 1 is 1.29 bits per heavy atom. The molecule has 2 aromatic heterocycles. The Labute approximate surface area is 185 Å². The topological polar surface area (TPSA) is 66.6 Å². The molecule has 0 spiro atoms. The number of aryl methyl sites for hydroxylation is 2. The van der Waals surface area contributed by atoms with Crippen LogP contribution in [0.2, 0.25) is 0 Å². The fraction of sp³-hybridized carbons (Fsp3) is 0.360. The number of hydrogen-bond donors (Lipinski definition) is 1. The van der Waals surface area contributed by atoms with Gasteiger partial charge in [-0.15, -0.1) is 11.3 Å². The van der Waals surface area contributed by atoms with Gasteiger partial charge in [-0.25, -0.2) is 4.98 Å². The van der Waals surface area contributed by atoms with Crippen LogP contribution >= 0.6 is 11.3 Å². The minimum Gasteiger partial charge on any atom is -0.507 e. The zero-order valence-corrected chi connectivity index (χ0v) is 18.9. The Morgan fingerprint density at radius 3 is 2.87 bits per heavy atom. The van der Waals surface area contributed by atoms with Crippen LogP contribution in [0.3, 0.4) is 0 Å². The van der Waals surface area contributed by atoms with Gasteiger partial charge >= 0.3 is 0 Å². The maximum Gasteiger partial charge on any atom is 0.203 e. The summed E-state index contributed by atoms with van der Waals surface area (Å²) in [5, 5.41) is 12.0. The highest BCUT2D eigenvalue weighted by atomic mass is 32.1. The van der Waals surface area contributed by atoms with E-state index >= 15 is 0 Å². The summed E-state index contributed by atoms with van der Waals surface area (Å²) in [7, 11) is 0. The summed E-state index contributed by atoms with van der Waals surface area (Å²) in [6.07, 6.45) is 2.41. The van der Waals surface area contributed by atoms with E-state index < -0.39 is 0 Å². The van der Waals surface area contributed by atoms with Crippen LogP contribution < -0.4 is 5.43 Å². The van der Waals surface area contributed by atoms with E-state index in [2.05, 4.69) is 16.8 Å². The number of para-hydroxylation sites is 1. The largest absolute Gasteiger partial charge is 0.507 e. The fourth-order valence-corrected chi connectivity index (χ4v) is 5.73. The lowest BCUT2D eigenvalue weighted by Crippen LogP contribution is -2.33. The number of aromatic nitrogens is 1. The van der Waals surface area contributed by atoms with Crippen molar-refractivity contribution < 1.29 is 9.52 Å². The average molecular weight is 435 g/mol. The maximum atomic E-state index is 13.6. The Balaban J connectivity index is 1.65. The van der Waals surface area contributed by atoms with Crippen LogP contribution in [-0.2, 0) is 6.54 Å². The third-order valence-electron chi connectivity index (χ3n) is 6.28. The first kappa shape index (κ1) is 20.2. The van der Waals surface area contributed by atoms with Gasteiger partial charge in [-0.2, -0.15) is 0 Å². The molecule has 0 amide bonds. The molecule has 4 aromatic rings. The predicted octanol–water partition coefficient (Wildman–Crippen LogP) is 5.62. The van der Waals surface area contributed by atoms with Gasteiger partial charge in [-0.1, -0.05) is 19.1 Å². The van der Waals surface area contributed by atoms with Crippen molar-refractivity contribution in [2.75, 3.05) is 13.1 Å². The number of thiazole rings is 1. The quantitative estimate of drug-likeness (QED) is 0.453. The number of hydrogen-bond acceptors (Lipinski definition) is 6. The molecule has 31 heavy (non-hydrogen) atoms. The van der Waals surface area contributed by atoms with Gasteiger partial charge in [0.25, 0.3) is 0 Å². The highest BCUT2D eigenvalue weighted by Crippen LogP contribution is 2.35. The average Bonchev–Trinajstić information content (AvgIpc) is 3.16. The summed E-state index contributed by atoms with van der Waals surface area (Å²) >= 11 is 1.50. The molecule has 5 nitrogen and oxygen atoms in total. The maximum absolute atomic E-state index is 13.6. The number of nitrogens with zero attached hydrogens (tertiary/aromatic N) is 2. The number of piperidine rings is 1. The molecule has 1 aliphatic rings. The molecular formula is C25H26N2O3S. The smallest absolute Gasteiger partial charge is 0.203 e. The Morgan fingerprint density at radius 2 is 2.10 bits per heavy atom. The molecule has 0 aliphatic carbocycles. The van der Waals surface area contributed by atoms with E-state index in [-0.39, 0.29) is 11.2 Å². The molecule has 6 heteroatoms. The molecule has 5 rings (SSSR count). The van der Waals surface area contributed by atoms with Crippen molar-refractivity contribution in [3.8, 4) is 16.3 Å². The van der Waals surface area contributed by atoms with Crippen LogP contribution in [0.1, 0.15) is 36.7 Å². The van der Waals surface area contributed by atoms with Crippen LogP contribution in [0.25, 0.3) is 31.8 Å². The summed E-state index contributed by atoms with van der Waals surface area (Å²) in [5.74, 6) is 1.40. The van der Waals surface area contributed by atoms with E-state index in [0.29, 0.717) is 45.3 Å². The van der Waals surface area contributed by atoms with Gasteiger partial charge in [0.05, 0.1) is 21.2 Å². The first-order valence-corrected chi connectivity index (χ1v) is 11.6. The number of phenolic OH excluding ortho intramolecular Hbond substituents is 1. The second-order valence-corrected chi connectivity index (χ2v) is 9.75. The molecule has 0 radical (unpaired) electrons. The Bertz CT molecular complexity index is 1320. The highest BCUT2D eigenvalue weighted by Gasteiger charge is 2.23. The van der Waals surface area contributed by atoms with Crippen molar-refractivity contribution in [2.45, 2.75) is 40.2 Å². The molecule has 1 N–H and O–H groups in total. The second-order valence-electron chi connectivity index (χ2n) is 8.72. The predicted molar refractivity (Wildman–Crippen MR) is 126 cm³/mol. The first-order valence-electron chi connectivity index (χ1n) is 10.8. The van der Waals surface area contributed by atoms with E-state index in [9.17, 15) is 9.90 Å². The van der Waals surface area contributed by atoms with Crippen LogP contribution in [0.5, 0.6) is 5.75 Å². The third-order valence-corrected chi connectivity index (χ3v) is 7.34. The molecule has 1 aliphatic heterocycles. The van der Waals surface area contributed by atoms with Gasteiger partial charge in [0.2, 0.25) is 5.43 Å². The molecule has 0 bridgehead atoms. The second kappa shape index (κ2) is 7.77. The molecule has 1 fully saturated rings. The van der Waals surface area contributed by atoms with Gasteiger partial charge in [-0.05, 0) is 57.4 Å². The van der Waals surface area contributed by atoms with Crippen LogP contribution in [-0.4, -0.2) is 28.1 Å². The molecule has 2 aromatic carbocycles. The SMILES string of the molecule is Cc1oc2c(C)c(O)c(CN3CCCC(C)C3)cc2c(=O)c1-c1nc2ccccc2s1. The van der Waals surface area contributed by atoms with E-state index in [0.717, 1.165) is 35.3 Å². The van der Waals surface area contributed by atoms with Gasteiger partial charge in [0, 0.05) is 24.2 Å². The molecule has 3 heterocycles. The van der Waals surface area contributed by atoms with Crippen molar-refractivity contribution in [1.29, 1.82) is 0 Å². The minimum atomic E-state index is -0.0887. The fourth-order valence-electron chi connectivity index (χ4n) is 4.68. The zero-order valence-electron chi connectivity index (χ0n) is 18.1. The van der Waals surface area contributed by atoms with E-state index in [1.807, 2.05) is 37.3 Å². The van der Waals surface area contributed by atoms with E-state index in [4.69, 9.17) is 4.42 Å². The zero-order chi connectivity index (χ0) is 21.7. The Kier molecular flexibility index (Phi) is 5.07. The van der Waals surface area contributed by atoms with Crippen LogP contribution in [0.4, 0.5) is 0 Å². The number of fused-ring (bicyclic) bond motifs is 2. The summed E-state index contributed by atoms with van der Waals surface area (Å²) in [5.41, 5.74) is 3.16. The van der Waals surface area contributed by atoms with Gasteiger partial charge in [-0.3, -0.25) is 9.69 Å². The first-order chi connectivity index (χ1) is 14.9. The van der Waals surface area contributed by atoms with E-state index in [1.165, 1.54) is 17.8 Å². The van der Waals surface area contributed by atoms with Crippen molar-refractivity contribution in [2.24, 2.45) is 5.92 Å². The lowest BCUT2D eigenvalue weighted by Gasteiger charge is -2.31. The van der Waals surface area contributed by atoms with Crippen molar-refractivity contribution in [3.05, 3.63) is 57.4 Å². The van der Waals surface area contributed by atoms with Crippen molar-refractivity contribution >= 4 is 32.5 Å². The molecule has 1 saturated heterocycles. The summed E-state index contributed by atoms with van der Waals surface area (Å²) in [6.45, 7) is 8.54. The molecule has 1 atom stereocenters. The number of aromatic hydroxyl groups is 1. The minimum absolute atomic E-state index is 0.0887. The van der Waals surface area contributed by atoms with Crippen LogP contribution in [0, 0.1) is 19.8 Å². The van der Waals surface area contributed by atoms with Crippen molar-refractivity contribution in [3.63, 3.8) is 0 Å². The molecular weight excluding hydrogens is 408 g/mol. The Hall–Kier alpha value is -2.70. The number of phenols is 1. The number of benzene rings is 2.